The van der Waals surface area contributed by atoms with Crippen LogP contribution in [0.25, 0.3) is 0 Å². The molecule has 4 aliphatic rings. The minimum Gasteiger partial charge on any atom is -0.383 e. The Kier molecular flexibility index (Phi) is 8.59. The lowest BCUT2D eigenvalue weighted by molar-refractivity contribution is -0.0142. The van der Waals surface area contributed by atoms with Crippen molar-refractivity contribution in [3.63, 3.8) is 0 Å². The average Bonchev–Trinajstić information content (AvgIpc) is 2.80. The van der Waals surface area contributed by atoms with Gasteiger partial charge in [-0.15, -0.1) is 0 Å². The van der Waals surface area contributed by atoms with Gasteiger partial charge in [0.2, 0.25) is 0 Å². The molecule has 5 nitrogen and oxygen atoms in total. The predicted octanol–water partition coefficient (Wildman–Crippen LogP) is 2.76. The Labute approximate surface area is 193 Å². The van der Waals surface area contributed by atoms with Gasteiger partial charge >= 0.3 is 0 Å². The number of benzene rings is 1. The fourth-order valence-electron chi connectivity index (χ4n) is 5.86. The lowest BCUT2D eigenvalue weighted by atomic mass is 9.75. The molecule has 2 bridgehead atoms. The molecule has 6 heteroatoms. The first kappa shape index (κ1) is 23.0. The van der Waals surface area contributed by atoms with Crippen molar-refractivity contribution in [2.75, 3.05) is 59.5 Å². The Hall–Kier alpha value is -1.21. The van der Waals surface area contributed by atoms with Crippen molar-refractivity contribution >= 4 is 17.3 Å². The number of methoxy groups -OCH3 is 1. The van der Waals surface area contributed by atoms with E-state index in [1.807, 2.05) is 0 Å². The second kappa shape index (κ2) is 11.6. The van der Waals surface area contributed by atoms with Crippen molar-refractivity contribution < 1.29 is 4.74 Å². The molecule has 0 spiro atoms. The highest BCUT2D eigenvalue weighted by Gasteiger charge is 2.40. The van der Waals surface area contributed by atoms with Gasteiger partial charge in [0.25, 0.3) is 0 Å². The third-order valence-corrected chi connectivity index (χ3v) is 7.96. The molecule has 4 saturated heterocycles. The molecule has 0 aromatic heterocycles. The quantitative estimate of drug-likeness (QED) is 0.451. The second-order valence-electron chi connectivity index (χ2n) is 9.76. The number of piperidine rings is 4. The van der Waals surface area contributed by atoms with Crippen LogP contribution < -0.4 is 10.6 Å². The van der Waals surface area contributed by atoms with Crippen LogP contribution in [0, 0.1) is 17.8 Å². The molecule has 2 N–H and O–H groups in total. The molecule has 0 aliphatic carbocycles. The monoisotopic (exact) mass is 444 g/mol. The number of ether oxygens (including phenoxy) is 1. The minimum absolute atomic E-state index is 0.633. The number of fused-ring (bicyclic) bond motifs is 3. The van der Waals surface area contributed by atoms with E-state index in [1.165, 1.54) is 70.4 Å². The van der Waals surface area contributed by atoms with Crippen molar-refractivity contribution in [2.24, 2.45) is 17.8 Å². The second-order valence-corrected chi connectivity index (χ2v) is 10.2. The number of hydrogen-bond donors (Lipinski definition) is 2. The van der Waals surface area contributed by atoms with E-state index in [0.29, 0.717) is 12.6 Å². The van der Waals surface area contributed by atoms with Gasteiger partial charge in [0, 0.05) is 39.3 Å². The Balaban J connectivity index is 1.16. The van der Waals surface area contributed by atoms with Gasteiger partial charge in [-0.2, -0.15) is 0 Å². The van der Waals surface area contributed by atoms with Gasteiger partial charge in [0.05, 0.1) is 6.61 Å². The molecule has 1 aromatic rings. The first-order chi connectivity index (χ1) is 15.2. The van der Waals surface area contributed by atoms with E-state index in [-0.39, 0.29) is 0 Å². The summed E-state index contributed by atoms with van der Waals surface area (Å²) in [6.07, 6.45) is 6.67. The summed E-state index contributed by atoms with van der Waals surface area (Å²) in [5, 5.41) is 7.41. The molecular formula is C25H40N4OS. The molecule has 172 valence electrons. The van der Waals surface area contributed by atoms with Crippen LogP contribution >= 0.6 is 12.2 Å². The largest absolute Gasteiger partial charge is 0.383 e. The fraction of sp³-hybridized carbons (Fsp3) is 0.720. The van der Waals surface area contributed by atoms with E-state index < -0.39 is 0 Å². The maximum absolute atomic E-state index is 5.40. The van der Waals surface area contributed by atoms with E-state index in [2.05, 4.69) is 50.8 Å². The Morgan fingerprint density at radius 1 is 1.10 bits per heavy atom. The molecule has 0 saturated carbocycles. The lowest BCUT2D eigenvalue weighted by Gasteiger charge is -2.51. The van der Waals surface area contributed by atoms with Crippen LogP contribution in [0.1, 0.15) is 31.2 Å². The predicted molar refractivity (Wildman–Crippen MR) is 131 cm³/mol. The Bertz CT molecular complexity index is 679. The van der Waals surface area contributed by atoms with Gasteiger partial charge in [-0.05, 0) is 87.3 Å². The molecule has 4 unspecified atom stereocenters. The smallest absolute Gasteiger partial charge is 0.166 e. The summed E-state index contributed by atoms with van der Waals surface area (Å²) in [4.78, 5) is 5.48. The number of nitrogens with one attached hydrogen (secondary N) is 2. The number of thiocarbonyl (C=S) groups is 1. The minimum atomic E-state index is 0.633. The summed E-state index contributed by atoms with van der Waals surface area (Å²) in [6, 6.07) is 11.7. The van der Waals surface area contributed by atoms with Gasteiger partial charge in [-0.1, -0.05) is 30.3 Å². The SMILES string of the molecule is COCCNC(=S)NCC1CC2CCN1CC2CN1CCC(Cc2ccccc2)CC1. The zero-order valence-corrected chi connectivity index (χ0v) is 19.9. The van der Waals surface area contributed by atoms with Crippen LogP contribution in [-0.4, -0.2) is 80.5 Å². The van der Waals surface area contributed by atoms with Crippen molar-refractivity contribution in [1.82, 2.24) is 20.4 Å². The molecular weight excluding hydrogens is 404 g/mol. The number of likely N-dealkylation sites (tertiary alicyclic amines) is 1. The van der Waals surface area contributed by atoms with Crippen LogP contribution in [0.4, 0.5) is 0 Å². The van der Waals surface area contributed by atoms with E-state index in [0.717, 1.165) is 36.0 Å². The fourth-order valence-corrected chi connectivity index (χ4v) is 6.05. The molecule has 0 amide bonds. The topological polar surface area (TPSA) is 39.8 Å². The normalized spacial score (nSPS) is 29.1. The maximum Gasteiger partial charge on any atom is 0.166 e. The van der Waals surface area contributed by atoms with E-state index >= 15 is 0 Å². The summed E-state index contributed by atoms with van der Waals surface area (Å²) in [7, 11) is 1.72. The summed E-state index contributed by atoms with van der Waals surface area (Å²) in [5.41, 5.74) is 1.51. The van der Waals surface area contributed by atoms with Crippen LogP contribution in [0.15, 0.2) is 30.3 Å². The highest BCUT2D eigenvalue weighted by molar-refractivity contribution is 7.80. The lowest BCUT2D eigenvalue weighted by Crippen LogP contribution is -2.59. The van der Waals surface area contributed by atoms with Crippen LogP contribution in [0.3, 0.4) is 0 Å². The van der Waals surface area contributed by atoms with Gasteiger partial charge < -0.3 is 20.3 Å². The van der Waals surface area contributed by atoms with Gasteiger partial charge in [0.1, 0.15) is 0 Å². The number of rotatable bonds is 9. The third kappa shape index (κ3) is 6.64. The molecule has 0 radical (unpaired) electrons. The molecule has 4 heterocycles. The average molecular weight is 445 g/mol. The third-order valence-electron chi connectivity index (χ3n) is 7.67. The Morgan fingerprint density at radius 2 is 1.90 bits per heavy atom. The van der Waals surface area contributed by atoms with Crippen molar-refractivity contribution in [3.05, 3.63) is 35.9 Å². The standard InChI is InChI=1S/C25H40N4OS/c1-30-14-10-26-25(31)27-17-24-16-22-9-13-29(24)19-23(22)18-28-11-7-21(8-12-28)15-20-5-3-2-4-6-20/h2-6,21-24H,7-19H2,1H3,(H2,26,27,31). The van der Waals surface area contributed by atoms with Crippen LogP contribution in [0.2, 0.25) is 0 Å². The molecule has 1 aromatic carbocycles. The zero-order valence-electron chi connectivity index (χ0n) is 19.1. The van der Waals surface area contributed by atoms with E-state index in [4.69, 9.17) is 17.0 Å². The maximum atomic E-state index is 5.40. The summed E-state index contributed by atoms with van der Waals surface area (Å²) < 4.78 is 5.07. The highest BCUT2D eigenvalue weighted by Crippen LogP contribution is 2.37. The molecule has 4 aliphatic heterocycles. The molecule has 31 heavy (non-hydrogen) atoms. The van der Waals surface area contributed by atoms with Crippen LogP contribution in [0.5, 0.6) is 0 Å². The highest BCUT2D eigenvalue weighted by atomic mass is 32.1. The van der Waals surface area contributed by atoms with E-state index in [1.54, 1.807) is 7.11 Å². The first-order valence-corrected chi connectivity index (χ1v) is 12.6. The summed E-state index contributed by atoms with van der Waals surface area (Å²) in [6.45, 7) is 8.82. The Morgan fingerprint density at radius 3 is 2.61 bits per heavy atom. The molecule has 4 atom stereocenters. The number of hydrogen-bond acceptors (Lipinski definition) is 4. The van der Waals surface area contributed by atoms with Gasteiger partial charge in [-0.25, -0.2) is 0 Å². The first-order valence-electron chi connectivity index (χ1n) is 12.2. The van der Waals surface area contributed by atoms with Crippen molar-refractivity contribution in [1.29, 1.82) is 0 Å². The van der Waals surface area contributed by atoms with E-state index in [9.17, 15) is 0 Å². The summed E-state index contributed by atoms with van der Waals surface area (Å²) >= 11 is 5.40. The van der Waals surface area contributed by atoms with Crippen LogP contribution in [-0.2, 0) is 11.2 Å². The summed E-state index contributed by atoms with van der Waals surface area (Å²) in [5.74, 6) is 2.60. The molecule has 5 rings (SSSR count). The molecule has 4 fully saturated rings. The van der Waals surface area contributed by atoms with Gasteiger partial charge in [0.15, 0.2) is 5.11 Å². The zero-order chi connectivity index (χ0) is 21.5. The van der Waals surface area contributed by atoms with Crippen molar-refractivity contribution in [2.45, 2.75) is 38.1 Å². The van der Waals surface area contributed by atoms with Gasteiger partial charge in [-0.3, -0.25) is 4.90 Å². The number of nitrogens with zero attached hydrogens (tertiary/aromatic N) is 2. The van der Waals surface area contributed by atoms with Crippen molar-refractivity contribution in [3.8, 4) is 0 Å².